The molecule has 0 saturated heterocycles. The van der Waals surface area contributed by atoms with Crippen LogP contribution in [0.15, 0.2) is 40.2 Å². The van der Waals surface area contributed by atoms with Gasteiger partial charge in [0, 0.05) is 12.6 Å². The first-order valence-corrected chi connectivity index (χ1v) is 7.75. The van der Waals surface area contributed by atoms with Gasteiger partial charge in [-0.1, -0.05) is 17.7 Å². The second-order valence-electron chi connectivity index (χ2n) is 5.93. The molecule has 2 aromatic heterocycles. The largest absolute Gasteiger partial charge is 0.337 e. The Balaban J connectivity index is 2.50. The highest BCUT2D eigenvalue weighted by molar-refractivity contribution is 5.72. The van der Waals surface area contributed by atoms with Gasteiger partial charge in [-0.25, -0.2) is 14.3 Å². The average molecular weight is 312 g/mol. The molecular formula is C17H20N4O2. The SMILES string of the molecule is CCn1cnc2c1c(=O)n(C(C)C)c(=O)n2-c1ccc(C)cc1. The zero-order valence-electron chi connectivity index (χ0n) is 13.8. The molecule has 0 aliphatic rings. The highest BCUT2D eigenvalue weighted by Crippen LogP contribution is 2.14. The number of hydrogen-bond acceptors (Lipinski definition) is 3. The molecular weight excluding hydrogens is 292 g/mol. The summed E-state index contributed by atoms with van der Waals surface area (Å²) >= 11 is 0. The van der Waals surface area contributed by atoms with Crippen molar-refractivity contribution in [2.45, 2.75) is 40.3 Å². The molecule has 0 N–H and O–H groups in total. The fraction of sp³-hybridized carbons (Fsp3) is 0.353. The standard InChI is InChI=1S/C17H20N4O2/c1-5-19-10-18-15-14(19)16(22)20(11(2)3)17(23)21(15)13-8-6-12(4)7-9-13/h6-11H,5H2,1-4H3. The fourth-order valence-corrected chi connectivity index (χ4v) is 2.77. The van der Waals surface area contributed by atoms with Gasteiger partial charge in [-0.2, -0.15) is 0 Å². The van der Waals surface area contributed by atoms with Crippen LogP contribution in [0, 0.1) is 6.92 Å². The molecule has 23 heavy (non-hydrogen) atoms. The molecule has 0 aliphatic carbocycles. The van der Waals surface area contributed by atoms with Crippen LogP contribution in [0.25, 0.3) is 16.9 Å². The Labute approximate surface area is 133 Å². The van der Waals surface area contributed by atoms with Crippen LogP contribution in [0.1, 0.15) is 32.4 Å². The second kappa shape index (κ2) is 5.53. The lowest BCUT2D eigenvalue weighted by Crippen LogP contribution is -2.41. The zero-order valence-corrected chi connectivity index (χ0v) is 13.8. The first-order valence-electron chi connectivity index (χ1n) is 7.75. The lowest BCUT2D eigenvalue weighted by atomic mass is 10.2. The van der Waals surface area contributed by atoms with Gasteiger partial charge in [-0.15, -0.1) is 0 Å². The number of rotatable bonds is 3. The topological polar surface area (TPSA) is 61.8 Å². The van der Waals surface area contributed by atoms with Crippen LogP contribution >= 0.6 is 0 Å². The van der Waals surface area contributed by atoms with Crippen LogP contribution < -0.4 is 11.2 Å². The molecule has 2 heterocycles. The van der Waals surface area contributed by atoms with Crippen molar-refractivity contribution < 1.29 is 0 Å². The predicted octanol–water partition coefficient (Wildman–Crippen LogP) is 2.26. The number of hydrogen-bond donors (Lipinski definition) is 0. The van der Waals surface area contributed by atoms with E-state index in [1.807, 2.05) is 52.0 Å². The van der Waals surface area contributed by atoms with E-state index in [4.69, 9.17) is 0 Å². The Bertz CT molecular complexity index is 975. The van der Waals surface area contributed by atoms with Gasteiger partial charge in [0.05, 0.1) is 12.0 Å². The van der Waals surface area contributed by atoms with E-state index < -0.39 is 0 Å². The van der Waals surface area contributed by atoms with Crippen molar-refractivity contribution in [1.29, 1.82) is 0 Å². The van der Waals surface area contributed by atoms with Crippen LogP contribution in [0.5, 0.6) is 0 Å². The third-order valence-electron chi connectivity index (χ3n) is 4.00. The minimum Gasteiger partial charge on any atom is -0.325 e. The van der Waals surface area contributed by atoms with Crippen LogP contribution in [0.3, 0.4) is 0 Å². The smallest absolute Gasteiger partial charge is 0.325 e. The van der Waals surface area contributed by atoms with E-state index in [-0.39, 0.29) is 17.3 Å². The third kappa shape index (κ3) is 2.30. The number of aryl methyl sites for hydroxylation is 2. The Morgan fingerprint density at radius 3 is 2.35 bits per heavy atom. The Morgan fingerprint density at radius 1 is 1.13 bits per heavy atom. The van der Waals surface area contributed by atoms with E-state index in [2.05, 4.69) is 4.98 Å². The van der Waals surface area contributed by atoms with E-state index in [1.54, 1.807) is 10.9 Å². The van der Waals surface area contributed by atoms with E-state index >= 15 is 0 Å². The molecule has 0 atom stereocenters. The van der Waals surface area contributed by atoms with Gasteiger partial charge in [0.25, 0.3) is 5.56 Å². The number of fused-ring (bicyclic) bond motifs is 1. The van der Waals surface area contributed by atoms with Gasteiger partial charge >= 0.3 is 5.69 Å². The number of benzene rings is 1. The van der Waals surface area contributed by atoms with Crippen LogP contribution in [-0.2, 0) is 6.54 Å². The molecule has 0 unspecified atom stereocenters. The van der Waals surface area contributed by atoms with E-state index in [0.717, 1.165) is 5.56 Å². The van der Waals surface area contributed by atoms with Crippen molar-refractivity contribution in [3.8, 4) is 5.69 Å². The van der Waals surface area contributed by atoms with Gasteiger partial charge < -0.3 is 4.57 Å². The highest BCUT2D eigenvalue weighted by Gasteiger charge is 2.19. The van der Waals surface area contributed by atoms with E-state index in [9.17, 15) is 9.59 Å². The van der Waals surface area contributed by atoms with Gasteiger partial charge in [0.1, 0.15) is 0 Å². The summed E-state index contributed by atoms with van der Waals surface area (Å²) in [6.07, 6.45) is 1.61. The highest BCUT2D eigenvalue weighted by atomic mass is 16.2. The van der Waals surface area contributed by atoms with E-state index in [0.29, 0.717) is 23.4 Å². The molecule has 6 nitrogen and oxygen atoms in total. The molecule has 0 saturated carbocycles. The van der Waals surface area contributed by atoms with Gasteiger partial charge in [-0.05, 0) is 39.8 Å². The minimum absolute atomic E-state index is 0.226. The Kier molecular flexibility index (Phi) is 3.67. The van der Waals surface area contributed by atoms with Crippen LogP contribution in [-0.4, -0.2) is 18.7 Å². The number of imidazole rings is 1. The minimum atomic E-state index is -0.359. The van der Waals surface area contributed by atoms with Crippen LogP contribution in [0.4, 0.5) is 0 Å². The van der Waals surface area contributed by atoms with Gasteiger partial charge in [-0.3, -0.25) is 9.36 Å². The molecule has 0 spiro atoms. The summed E-state index contributed by atoms with van der Waals surface area (Å²) in [4.78, 5) is 30.0. The lowest BCUT2D eigenvalue weighted by molar-refractivity contribution is 0.538. The second-order valence-corrected chi connectivity index (χ2v) is 5.93. The molecule has 0 aliphatic heterocycles. The summed E-state index contributed by atoms with van der Waals surface area (Å²) in [6.45, 7) is 8.22. The molecule has 0 bridgehead atoms. The normalized spacial score (nSPS) is 11.5. The summed E-state index contributed by atoms with van der Waals surface area (Å²) < 4.78 is 4.58. The fourth-order valence-electron chi connectivity index (χ4n) is 2.77. The molecule has 0 radical (unpaired) electrons. The van der Waals surface area contributed by atoms with Gasteiger partial charge in [0.15, 0.2) is 11.2 Å². The number of aromatic nitrogens is 4. The molecule has 120 valence electrons. The number of nitrogens with zero attached hydrogens (tertiary/aromatic N) is 4. The first-order chi connectivity index (χ1) is 11.0. The third-order valence-corrected chi connectivity index (χ3v) is 4.00. The molecule has 0 amide bonds. The van der Waals surface area contributed by atoms with Crippen molar-refractivity contribution in [2.24, 2.45) is 0 Å². The van der Waals surface area contributed by atoms with E-state index in [1.165, 1.54) is 9.13 Å². The summed E-state index contributed by atoms with van der Waals surface area (Å²) in [5, 5.41) is 0. The maximum Gasteiger partial charge on any atom is 0.337 e. The van der Waals surface area contributed by atoms with Crippen molar-refractivity contribution in [1.82, 2.24) is 18.7 Å². The summed E-state index contributed by atoms with van der Waals surface area (Å²) in [5.41, 5.74) is 2.03. The summed E-state index contributed by atoms with van der Waals surface area (Å²) in [7, 11) is 0. The monoisotopic (exact) mass is 312 g/mol. The van der Waals surface area contributed by atoms with Crippen molar-refractivity contribution in [2.75, 3.05) is 0 Å². The summed E-state index contributed by atoms with van der Waals surface area (Å²) in [5.74, 6) is 0. The molecule has 3 aromatic rings. The molecule has 1 aromatic carbocycles. The Hall–Kier alpha value is -2.63. The van der Waals surface area contributed by atoms with Crippen molar-refractivity contribution >= 4 is 11.2 Å². The molecule has 0 fully saturated rings. The quantitative estimate of drug-likeness (QED) is 0.745. The van der Waals surface area contributed by atoms with Crippen molar-refractivity contribution in [3.05, 3.63) is 57.0 Å². The molecule has 3 rings (SSSR count). The van der Waals surface area contributed by atoms with Gasteiger partial charge in [0.2, 0.25) is 0 Å². The lowest BCUT2D eigenvalue weighted by Gasteiger charge is -2.14. The average Bonchev–Trinajstić information content (AvgIpc) is 2.93. The maximum atomic E-state index is 12.9. The molecule has 6 heteroatoms. The predicted molar refractivity (Wildman–Crippen MR) is 90.4 cm³/mol. The van der Waals surface area contributed by atoms with Crippen LogP contribution in [0.2, 0.25) is 0 Å². The summed E-state index contributed by atoms with van der Waals surface area (Å²) in [6, 6.07) is 7.40. The Morgan fingerprint density at radius 2 is 1.78 bits per heavy atom. The zero-order chi connectivity index (χ0) is 16.7. The first kappa shape index (κ1) is 15.3. The maximum absolute atomic E-state index is 12.9. The van der Waals surface area contributed by atoms with Crippen molar-refractivity contribution in [3.63, 3.8) is 0 Å².